The average molecular weight is 484 g/mol. The van der Waals surface area contributed by atoms with Crippen LogP contribution in [0.5, 0.6) is 5.75 Å². The number of sulfonamides is 1. The molecular formula is C21H23Cl2N3O4S. The third-order valence-electron chi connectivity index (χ3n) is 5.43. The Hall–Kier alpha value is -2.00. The zero-order valence-corrected chi connectivity index (χ0v) is 19.3. The molecule has 0 spiro atoms. The van der Waals surface area contributed by atoms with E-state index in [4.69, 9.17) is 27.9 Å². The minimum Gasteiger partial charge on any atom is -0.495 e. The Kier molecular flexibility index (Phi) is 6.35. The predicted molar refractivity (Wildman–Crippen MR) is 121 cm³/mol. The molecule has 0 radical (unpaired) electrons. The van der Waals surface area contributed by atoms with E-state index in [0.29, 0.717) is 26.2 Å². The maximum absolute atomic E-state index is 13.2. The van der Waals surface area contributed by atoms with Gasteiger partial charge in [-0.3, -0.25) is 4.79 Å². The van der Waals surface area contributed by atoms with Crippen LogP contribution < -0.4 is 14.4 Å². The molecule has 1 saturated carbocycles. The largest absolute Gasteiger partial charge is 0.495 e. The van der Waals surface area contributed by atoms with Gasteiger partial charge in [0.1, 0.15) is 10.6 Å². The fourth-order valence-corrected chi connectivity index (χ4v) is 5.75. The van der Waals surface area contributed by atoms with Crippen LogP contribution in [0.2, 0.25) is 10.0 Å². The number of nitrogens with one attached hydrogen (secondary N) is 1. The van der Waals surface area contributed by atoms with Gasteiger partial charge in [0.05, 0.1) is 28.4 Å². The molecule has 1 aliphatic heterocycles. The lowest BCUT2D eigenvalue weighted by atomic mass is 10.1. The number of para-hydroxylation sites is 2. The monoisotopic (exact) mass is 483 g/mol. The number of anilines is 1. The van der Waals surface area contributed by atoms with Crippen molar-refractivity contribution in [3.63, 3.8) is 0 Å². The second-order valence-electron chi connectivity index (χ2n) is 7.61. The van der Waals surface area contributed by atoms with Gasteiger partial charge in [-0.05, 0) is 37.1 Å². The van der Waals surface area contributed by atoms with Crippen LogP contribution in [0, 0.1) is 0 Å². The first kappa shape index (κ1) is 22.2. The molecule has 1 saturated heterocycles. The SMILES string of the molecule is COc1ccccc1N1CCN(C(=O)c2cc(S(=O)(=O)NC3CC3)c(Cl)cc2Cl)CC1. The molecule has 2 aromatic carbocycles. The second-order valence-corrected chi connectivity index (χ2v) is 10.1. The second kappa shape index (κ2) is 8.86. The van der Waals surface area contributed by atoms with Crippen LogP contribution in [0.3, 0.4) is 0 Å². The molecule has 2 fully saturated rings. The van der Waals surface area contributed by atoms with Gasteiger partial charge in [-0.15, -0.1) is 0 Å². The maximum Gasteiger partial charge on any atom is 0.255 e. The third-order valence-corrected chi connectivity index (χ3v) is 7.73. The molecule has 0 atom stereocenters. The number of hydrogen-bond donors (Lipinski definition) is 1. The van der Waals surface area contributed by atoms with Gasteiger partial charge in [-0.1, -0.05) is 35.3 Å². The number of benzene rings is 2. The summed E-state index contributed by atoms with van der Waals surface area (Å²) < 4.78 is 33.3. The maximum atomic E-state index is 13.2. The Balaban J connectivity index is 1.52. The van der Waals surface area contributed by atoms with E-state index in [0.717, 1.165) is 24.3 Å². The topological polar surface area (TPSA) is 79.0 Å². The van der Waals surface area contributed by atoms with Gasteiger partial charge in [0.25, 0.3) is 5.91 Å². The van der Waals surface area contributed by atoms with Gasteiger partial charge in [0.15, 0.2) is 0 Å². The molecule has 1 aliphatic carbocycles. The molecule has 0 bridgehead atoms. The summed E-state index contributed by atoms with van der Waals surface area (Å²) in [5.74, 6) is 0.463. The van der Waals surface area contributed by atoms with Crippen molar-refractivity contribution in [2.45, 2.75) is 23.8 Å². The highest BCUT2D eigenvalue weighted by Gasteiger charge is 2.31. The zero-order valence-electron chi connectivity index (χ0n) is 17.0. The van der Waals surface area contributed by atoms with Crippen LogP contribution in [0.4, 0.5) is 5.69 Å². The molecule has 166 valence electrons. The first-order valence-corrected chi connectivity index (χ1v) is 12.2. The Morgan fingerprint density at radius 3 is 2.39 bits per heavy atom. The van der Waals surface area contributed by atoms with Crippen molar-refractivity contribution in [1.82, 2.24) is 9.62 Å². The van der Waals surface area contributed by atoms with E-state index in [1.807, 2.05) is 24.3 Å². The summed E-state index contributed by atoms with van der Waals surface area (Å²) >= 11 is 12.4. The number of carbonyl (C=O) groups excluding carboxylic acids is 1. The summed E-state index contributed by atoms with van der Waals surface area (Å²) in [4.78, 5) is 16.9. The van der Waals surface area contributed by atoms with Gasteiger partial charge in [-0.25, -0.2) is 13.1 Å². The molecule has 1 heterocycles. The fraction of sp³-hybridized carbons (Fsp3) is 0.381. The summed E-state index contributed by atoms with van der Waals surface area (Å²) in [7, 11) is -2.19. The van der Waals surface area contributed by atoms with Crippen molar-refractivity contribution >= 4 is 44.8 Å². The van der Waals surface area contributed by atoms with Crippen LogP contribution in [0.1, 0.15) is 23.2 Å². The van der Waals surface area contributed by atoms with E-state index in [2.05, 4.69) is 9.62 Å². The van der Waals surface area contributed by atoms with Crippen LogP contribution in [-0.4, -0.2) is 58.6 Å². The average Bonchev–Trinajstić information content (AvgIpc) is 3.56. The highest BCUT2D eigenvalue weighted by atomic mass is 35.5. The molecule has 0 aromatic heterocycles. The van der Waals surface area contributed by atoms with Crippen molar-refractivity contribution < 1.29 is 17.9 Å². The van der Waals surface area contributed by atoms with Gasteiger partial charge in [0.2, 0.25) is 10.0 Å². The van der Waals surface area contributed by atoms with E-state index in [1.54, 1.807) is 12.0 Å². The van der Waals surface area contributed by atoms with Crippen molar-refractivity contribution in [2.24, 2.45) is 0 Å². The van der Waals surface area contributed by atoms with Crippen molar-refractivity contribution in [1.29, 1.82) is 0 Å². The van der Waals surface area contributed by atoms with Crippen LogP contribution in [0.15, 0.2) is 41.3 Å². The quantitative estimate of drug-likeness (QED) is 0.680. The number of methoxy groups -OCH3 is 1. The molecule has 10 heteroatoms. The molecule has 31 heavy (non-hydrogen) atoms. The molecule has 1 N–H and O–H groups in total. The van der Waals surface area contributed by atoms with Crippen molar-refractivity contribution in [3.05, 3.63) is 52.0 Å². The first-order chi connectivity index (χ1) is 14.8. The highest BCUT2D eigenvalue weighted by molar-refractivity contribution is 7.89. The summed E-state index contributed by atoms with van der Waals surface area (Å²) in [5.41, 5.74) is 1.11. The number of amides is 1. The number of carbonyl (C=O) groups is 1. The molecule has 0 unspecified atom stereocenters. The number of hydrogen-bond acceptors (Lipinski definition) is 5. The number of nitrogens with zero attached hydrogens (tertiary/aromatic N) is 2. The van der Waals surface area contributed by atoms with E-state index < -0.39 is 10.0 Å². The number of halogens is 2. The lowest BCUT2D eigenvalue weighted by Gasteiger charge is -2.36. The molecule has 1 amide bonds. The van der Waals surface area contributed by atoms with Crippen LogP contribution in [-0.2, 0) is 10.0 Å². The third kappa shape index (κ3) is 4.77. The van der Waals surface area contributed by atoms with Gasteiger partial charge in [0, 0.05) is 32.2 Å². The first-order valence-electron chi connectivity index (χ1n) is 9.99. The molecule has 4 rings (SSSR count). The van der Waals surface area contributed by atoms with Crippen LogP contribution in [0.25, 0.3) is 0 Å². The normalized spacial score (nSPS) is 17.0. The van der Waals surface area contributed by atoms with Gasteiger partial charge < -0.3 is 14.5 Å². The lowest BCUT2D eigenvalue weighted by Crippen LogP contribution is -2.49. The Morgan fingerprint density at radius 2 is 1.74 bits per heavy atom. The lowest BCUT2D eigenvalue weighted by molar-refractivity contribution is 0.0746. The summed E-state index contributed by atoms with van der Waals surface area (Å²) in [5, 5.41) is 0.128. The summed E-state index contributed by atoms with van der Waals surface area (Å²) in [6, 6.07) is 10.3. The summed E-state index contributed by atoms with van der Waals surface area (Å²) in [6.45, 7) is 2.17. The van der Waals surface area contributed by atoms with E-state index >= 15 is 0 Å². The van der Waals surface area contributed by atoms with Crippen molar-refractivity contribution in [2.75, 3.05) is 38.2 Å². The predicted octanol–water partition coefficient (Wildman–Crippen LogP) is 3.41. The molecule has 7 nitrogen and oxygen atoms in total. The minimum atomic E-state index is -3.82. The van der Waals surface area contributed by atoms with Gasteiger partial charge >= 0.3 is 0 Å². The molecule has 2 aliphatic rings. The minimum absolute atomic E-state index is 0.00399. The molecule has 2 aromatic rings. The number of ether oxygens (including phenoxy) is 1. The Morgan fingerprint density at radius 1 is 1.06 bits per heavy atom. The standard InChI is InChI=1S/C21H23Cl2N3O4S/c1-30-19-5-3-2-4-18(19)25-8-10-26(11-9-25)21(27)15-12-20(17(23)13-16(15)22)31(28,29)24-14-6-7-14/h2-5,12-14,24H,6-11H2,1H3. The van der Waals surface area contributed by atoms with E-state index in [9.17, 15) is 13.2 Å². The van der Waals surface area contributed by atoms with Gasteiger partial charge in [-0.2, -0.15) is 0 Å². The highest BCUT2D eigenvalue weighted by Crippen LogP contribution is 2.32. The zero-order chi connectivity index (χ0) is 22.2. The Labute approximate surface area is 191 Å². The molecular weight excluding hydrogens is 461 g/mol. The smallest absolute Gasteiger partial charge is 0.255 e. The van der Waals surface area contributed by atoms with E-state index in [-0.39, 0.29) is 32.5 Å². The summed E-state index contributed by atoms with van der Waals surface area (Å²) in [6.07, 6.45) is 1.60. The fourth-order valence-electron chi connectivity index (χ4n) is 3.59. The Bertz CT molecular complexity index is 1100. The van der Waals surface area contributed by atoms with E-state index in [1.165, 1.54) is 12.1 Å². The number of rotatable bonds is 6. The number of piperazine rings is 1. The van der Waals surface area contributed by atoms with Crippen LogP contribution >= 0.6 is 23.2 Å². The van der Waals surface area contributed by atoms with Crippen molar-refractivity contribution in [3.8, 4) is 5.75 Å².